The lowest BCUT2D eigenvalue weighted by atomic mass is 10.1. The molecule has 0 saturated carbocycles. The van der Waals surface area contributed by atoms with E-state index in [9.17, 15) is 4.79 Å². The third-order valence-electron chi connectivity index (χ3n) is 3.82. The number of rotatable bonds is 7. The zero-order valence-electron chi connectivity index (χ0n) is 15.0. The van der Waals surface area contributed by atoms with E-state index in [1.165, 1.54) is 11.3 Å². The van der Waals surface area contributed by atoms with E-state index in [2.05, 4.69) is 10.3 Å². The van der Waals surface area contributed by atoms with Crippen molar-refractivity contribution in [2.24, 2.45) is 0 Å². The molecule has 2 aromatic carbocycles. The second kappa shape index (κ2) is 8.88. The van der Waals surface area contributed by atoms with Gasteiger partial charge in [0, 0.05) is 28.1 Å². The molecule has 0 atom stereocenters. The van der Waals surface area contributed by atoms with E-state index in [1.807, 2.05) is 31.2 Å². The van der Waals surface area contributed by atoms with Crippen molar-refractivity contribution in [3.05, 3.63) is 69.7 Å². The Bertz CT molecular complexity index is 942. The number of anilines is 1. The minimum absolute atomic E-state index is 0.253. The number of nitrogens with one attached hydrogen (secondary N) is 1. The summed E-state index contributed by atoms with van der Waals surface area (Å²) in [5.74, 6) is 0.869. The first kappa shape index (κ1) is 19.2. The fourth-order valence-corrected chi connectivity index (χ4v) is 3.57. The number of hydrogen-bond acceptors (Lipinski definition) is 5. The molecule has 1 amide bonds. The quantitative estimate of drug-likeness (QED) is 0.601. The molecule has 0 aliphatic carbocycles. The molecule has 1 N–H and O–H groups in total. The number of aromatic nitrogens is 1. The van der Waals surface area contributed by atoms with Crippen LogP contribution in [0.15, 0.2) is 48.7 Å². The maximum absolute atomic E-state index is 12.5. The van der Waals surface area contributed by atoms with Gasteiger partial charge in [0.2, 0.25) is 0 Å². The van der Waals surface area contributed by atoms with Crippen molar-refractivity contribution in [3.8, 4) is 11.5 Å². The van der Waals surface area contributed by atoms with Gasteiger partial charge in [0.1, 0.15) is 0 Å². The summed E-state index contributed by atoms with van der Waals surface area (Å²) >= 11 is 7.63. The Balaban J connectivity index is 1.71. The Labute approximate surface area is 166 Å². The topological polar surface area (TPSA) is 60.5 Å². The van der Waals surface area contributed by atoms with Crippen LogP contribution in [-0.4, -0.2) is 24.6 Å². The van der Waals surface area contributed by atoms with Gasteiger partial charge in [0.25, 0.3) is 5.91 Å². The lowest BCUT2D eigenvalue weighted by Gasteiger charge is -2.10. The van der Waals surface area contributed by atoms with Crippen molar-refractivity contribution in [1.29, 1.82) is 0 Å². The van der Waals surface area contributed by atoms with Crippen molar-refractivity contribution < 1.29 is 14.3 Å². The molecule has 3 aromatic rings. The number of halogens is 1. The average molecular weight is 403 g/mol. The second-order valence-corrected chi connectivity index (χ2v) is 7.18. The number of thiazole rings is 1. The minimum Gasteiger partial charge on any atom is -0.493 e. The predicted octanol–water partition coefficient (Wildman–Crippen LogP) is 5.05. The van der Waals surface area contributed by atoms with E-state index in [0.717, 1.165) is 15.5 Å². The van der Waals surface area contributed by atoms with E-state index in [1.54, 1.807) is 31.5 Å². The SMILES string of the molecule is CCOc1cc(C(=O)Nc2ncc(Cc3ccccc3Cl)s2)ccc1OC. The first-order valence-corrected chi connectivity index (χ1v) is 9.60. The average Bonchev–Trinajstić information content (AvgIpc) is 3.10. The molecule has 0 bridgehead atoms. The molecule has 3 rings (SSSR count). The first-order valence-electron chi connectivity index (χ1n) is 8.41. The maximum atomic E-state index is 12.5. The smallest absolute Gasteiger partial charge is 0.257 e. The van der Waals surface area contributed by atoms with E-state index in [-0.39, 0.29) is 5.91 Å². The van der Waals surface area contributed by atoms with Gasteiger partial charge in [0.05, 0.1) is 13.7 Å². The number of hydrogen-bond donors (Lipinski definition) is 1. The van der Waals surface area contributed by atoms with Gasteiger partial charge in [-0.2, -0.15) is 0 Å². The Morgan fingerprint density at radius 3 is 2.78 bits per heavy atom. The van der Waals surface area contributed by atoms with E-state index < -0.39 is 0 Å². The van der Waals surface area contributed by atoms with Gasteiger partial charge < -0.3 is 9.47 Å². The number of ether oxygens (including phenoxy) is 2. The monoisotopic (exact) mass is 402 g/mol. The predicted molar refractivity (Wildman–Crippen MR) is 108 cm³/mol. The molecule has 0 aliphatic heterocycles. The van der Waals surface area contributed by atoms with Crippen LogP contribution in [0.1, 0.15) is 27.7 Å². The lowest BCUT2D eigenvalue weighted by Crippen LogP contribution is -2.12. The van der Waals surface area contributed by atoms with Crippen LogP contribution in [0.3, 0.4) is 0 Å². The van der Waals surface area contributed by atoms with Gasteiger partial charge in [0.15, 0.2) is 16.6 Å². The van der Waals surface area contributed by atoms with Crippen LogP contribution in [0, 0.1) is 0 Å². The molecule has 5 nitrogen and oxygen atoms in total. The third-order valence-corrected chi connectivity index (χ3v) is 5.10. The number of methoxy groups -OCH3 is 1. The highest BCUT2D eigenvalue weighted by atomic mass is 35.5. The van der Waals surface area contributed by atoms with Crippen LogP contribution >= 0.6 is 22.9 Å². The van der Waals surface area contributed by atoms with Crippen molar-refractivity contribution in [1.82, 2.24) is 4.98 Å². The summed E-state index contributed by atoms with van der Waals surface area (Å²) in [7, 11) is 1.56. The van der Waals surface area contributed by atoms with Crippen LogP contribution in [0.25, 0.3) is 0 Å². The normalized spacial score (nSPS) is 10.5. The Hall–Kier alpha value is -2.57. The van der Waals surface area contributed by atoms with Crippen LogP contribution in [0.4, 0.5) is 5.13 Å². The summed E-state index contributed by atoms with van der Waals surface area (Å²) in [6.45, 7) is 2.36. The second-order valence-electron chi connectivity index (χ2n) is 5.65. The highest BCUT2D eigenvalue weighted by Crippen LogP contribution is 2.29. The number of carbonyl (C=O) groups excluding carboxylic acids is 1. The molecule has 27 heavy (non-hydrogen) atoms. The number of amides is 1. The number of benzene rings is 2. The molecule has 140 valence electrons. The molecule has 0 fully saturated rings. The highest BCUT2D eigenvalue weighted by molar-refractivity contribution is 7.15. The van der Waals surface area contributed by atoms with Gasteiger partial charge in [-0.1, -0.05) is 29.8 Å². The molecule has 0 radical (unpaired) electrons. The molecule has 0 unspecified atom stereocenters. The van der Waals surface area contributed by atoms with Crippen molar-refractivity contribution in [3.63, 3.8) is 0 Å². The summed E-state index contributed by atoms with van der Waals surface area (Å²) in [5.41, 5.74) is 1.50. The third kappa shape index (κ3) is 4.78. The summed E-state index contributed by atoms with van der Waals surface area (Å²) in [5, 5.41) is 4.08. The first-order chi connectivity index (χ1) is 13.1. The zero-order valence-corrected chi connectivity index (χ0v) is 16.6. The summed E-state index contributed by atoms with van der Waals surface area (Å²) in [6.07, 6.45) is 2.42. The molecule has 7 heteroatoms. The van der Waals surface area contributed by atoms with Gasteiger partial charge in [-0.05, 0) is 36.8 Å². The Morgan fingerprint density at radius 1 is 1.22 bits per heavy atom. The molecular weight excluding hydrogens is 384 g/mol. The zero-order chi connectivity index (χ0) is 19.2. The van der Waals surface area contributed by atoms with Crippen LogP contribution in [0.2, 0.25) is 5.02 Å². The minimum atomic E-state index is -0.253. The van der Waals surface area contributed by atoms with Crippen LogP contribution in [-0.2, 0) is 6.42 Å². The standard InChI is InChI=1S/C20H19ClN2O3S/c1-3-26-18-11-14(8-9-17(18)25-2)19(24)23-20-22-12-15(27-20)10-13-6-4-5-7-16(13)21/h4-9,11-12H,3,10H2,1-2H3,(H,22,23,24). The van der Waals surface area contributed by atoms with Crippen molar-refractivity contribution in [2.45, 2.75) is 13.3 Å². The van der Waals surface area contributed by atoms with E-state index in [0.29, 0.717) is 35.2 Å². The summed E-state index contributed by atoms with van der Waals surface area (Å²) in [4.78, 5) is 17.8. The van der Waals surface area contributed by atoms with E-state index >= 15 is 0 Å². The maximum Gasteiger partial charge on any atom is 0.257 e. The summed E-state index contributed by atoms with van der Waals surface area (Å²) in [6, 6.07) is 12.8. The molecular formula is C20H19ClN2O3S. The molecule has 0 saturated heterocycles. The fraction of sp³-hybridized carbons (Fsp3) is 0.200. The van der Waals surface area contributed by atoms with Gasteiger partial charge in [-0.3, -0.25) is 10.1 Å². The molecule has 0 aliphatic rings. The number of nitrogens with zero attached hydrogens (tertiary/aromatic N) is 1. The van der Waals surface area contributed by atoms with Gasteiger partial charge in [-0.15, -0.1) is 11.3 Å². The van der Waals surface area contributed by atoms with Gasteiger partial charge in [-0.25, -0.2) is 4.98 Å². The summed E-state index contributed by atoms with van der Waals surface area (Å²) < 4.78 is 10.8. The fourth-order valence-electron chi connectivity index (χ4n) is 2.53. The lowest BCUT2D eigenvalue weighted by molar-refractivity contribution is 0.102. The van der Waals surface area contributed by atoms with E-state index in [4.69, 9.17) is 21.1 Å². The number of carbonyl (C=O) groups is 1. The highest BCUT2D eigenvalue weighted by Gasteiger charge is 2.13. The largest absolute Gasteiger partial charge is 0.493 e. The van der Waals surface area contributed by atoms with Crippen molar-refractivity contribution in [2.75, 3.05) is 19.0 Å². The molecule has 1 heterocycles. The van der Waals surface area contributed by atoms with Crippen molar-refractivity contribution >= 4 is 34.0 Å². The molecule has 1 aromatic heterocycles. The Kier molecular flexibility index (Phi) is 6.32. The van der Waals surface area contributed by atoms with Gasteiger partial charge >= 0.3 is 0 Å². The Morgan fingerprint density at radius 2 is 2.04 bits per heavy atom. The molecule has 0 spiro atoms. The van der Waals surface area contributed by atoms with Crippen LogP contribution in [0.5, 0.6) is 11.5 Å². The van der Waals surface area contributed by atoms with Crippen LogP contribution < -0.4 is 14.8 Å².